The molecule has 0 unspecified atom stereocenters. The highest BCUT2D eigenvalue weighted by molar-refractivity contribution is 5.78. The van der Waals surface area contributed by atoms with Crippen LogP contribution in [0.15, 0.2) is 36.5 Å². The summed E-state index contributed by atoms with van der Waals surface area (Å²) in [4.78, 5) is 4.40. The lowest BCUT2D eigenvalue weighted by molar-refractivity contribution is 0.123. The minimum absolute atomic E-state index is 0.628. The zero-order valence-electron chi connectivity index (χ0n) is 10.1. The van der Waals surface area contributed by atoms with Gasteiger partial charge in [0.15, 0.2) is 0 Å². The van der Waals surface area contributed by atoms with Gasteiger partial charge in [-0.15, -0.1) is 0 Å². The molecule has 0 saturated carbocycles. The van der Waals surface area contributed by atoms with E-state index in [-0.39, 0.29) is 0 Å². The van der Waals surface area contributed by atoms with Crippen LogP contribution in [0.5, 0.6) is 0 Å². The molecule has 0 radical (unpaired) electrons. The van der Waals surface area contributed by atoms with Crippen LogP contribution in [-0.4, -0.2) is 24.7 Å². The van der Waals surface area contributed by atoms with Gasteiger partial charge in [-0.05, 0) is 24.2 Å². The van der Waals surface area contributed by atoms with Gasteiger partial charge < -0.3 is 10.1 Å². The molecule has 0 fully saturated rings. The largest absolute Gasteiger partial charge is 0.375 e. The summed E-state index contributed by atoms with van der Waals surface area (Å²) in [6.07, 6.45) is 1.88. The zero-order chi connectivity index (χ0) is 11.9. The van der Waals surface area contributed by atoms with Crippen LogP contribution in [0.2, 0.25) is 0 Å². The summed E-state index contributed by atoms with van der Waals surface area (Å²) >= 11 is 0. The summed E-state index contributed by atoms with van der Waals surface area (Å²) in [6.45, 7) is 5.34. The van der Waals surface area contributed by atoms with Gasteiger partial charge in [-0.25, -0.2) is 0 Å². The summed E-state index contributed by atoms with van der Waals surface area (Å²) < 4.78 is 5.57. The summed E-state index contributed by atoms with van der Waals surface area (Å²) in [5, 5.41) is 4.39. The highest BCUT2D eigenvalue weighted by Crippen LogP contribution is 2.12. The average molecular weight is 230 g/mol. The molecule has 0 atom stereocenters. The van der Waals surface area contributed by atoms with Crippen LogP contribution in [0.1, 0.15) is 12.5 Å². The van der Waals surface area contributed by atoms with Gasteiger partial charge >= 0.3 is 0 Å². The SMILES string of the molecule is CCNCCOCc1cnc2ccccc2c1. The maximum Gasteiger partial charge on any atom is 0.0732 e. The first-order chi connectivity index (χ1) is 8.40. The van der Waals surface area contributed by atoms with Gasteiger partial charge in [0.2, 0.25) is 0 Å². The summed E-state index contributed by atoms with van der Waals surface area (Å²) in [5.74, 6) is 0. The minimum Gasteiger partial charge on any atom is -0.375 e. The number of likely N-dealkylation sites (N-methyl/N-ethyl adjacent to an activating group) is 1. The number of hydrogen-bond acceptors (Lipinski definition) is 3. The summed E-state index contributed by atoms with van der Waals surface area (Å²) in [7, 11) is 0. The van der Waals surface area contributed by atoms with Crippen molar-refractivity contribution in [3.63, 3.8) is 0 Å². The number of rotatable bonds is 6. The third kappa shape index (κ3) is 3.51. The number of hydrogen-bond donors (Lipinski definition) is 1. The molecule has 0 aliphatic rings. The van der Waals surface area contributed by atoms with Gasteiger partial charge in [0.1, 0.15) is 0 Å². The number of fused-ring (bicyclic) bond motifs is 1. The molecular weight excluding hydrogens is 212 g/mol. The van der Waals surface area contributed by atoms with Crippen LogP contribution in [0.25, 0.3) is 10.9 Å². The van der Waals surface area contributed by atoms with Crippen molar-refractivity contribution in [3.8, 4) is 0 Å². The summed E-state index contributed by atoms with van der Waals surface area (Å²) in [6, 6.07) is 10.3. The Bertz CT molecular complexity index is 470. The lowest BCUT2D eigenvalue weighted by atomic mass is 10.2. The first-order valence-electron chi connectivity index (χ1n) is 6.02. The maximum absolute atomic E-state index is 5.57. The second-order valence-corrected chi connectivity index (χ2v) is 3.94. The van der Waals surface area contributed by atoms with Crippen molar-refractivity contribution >= 4 is 10.9 Å². The summed E-state index contributed by atoms with van der Waals surface area (Å²) in [5.41, 5.74) is 2.16. The first kappa shape index (κ1) is 12.0. The molecule has 3 nitrogen and oxygen atoms in total. The Kier molecular flexibility index (Phi) is 4.47. The molecule has 2 aromatic rings. The number of nitrogens with one attached hydrogen (secondary N) is 1. The molecule has 0 aliphatic carbocycles. The number of para-hydroxylation sites is 1. The topological polar surface area (TPSA) is 34.1 Å². The van der Waals surface area contributed by atoms with Gasteiger partial charge in [-0.1, -0.05) is 25.1 Å². The van der Waals surface area contributed by atoms with Gasteiger partial charge in [-0.3, -0.25) is 4.98 Å². The van der Waals surface area contributed by atoms with Crippen LogP contribution < -0.4 is 5.32 Å². The van der Waals surface area contributed by atoms with Gasteiger partial charge in [0.25, 0.3) is 0 Å². The minimum atomic E-state index is 0.628. The predicted octanol–water partition coefficient (Wildman–Crippen LogP) is 2.36. The fourth-order valence-corrected chi connectivity index (χ4v) is 1.71. The molecule has 1 aromatic heterocycles. The van der Waals surface area contributed by atoms with Crippen molar-refractivity contribution < 1.29 is 4.74 Å². The van der Waals surface area contributed by atoms with E-state index in [0.29, 0.717) is 6.61 Å². The van der Waals surface area contributed by atoms with Crippen LogP contribution in [0, 0.1) is 0 Å². The van der Waals surface area contributed by atoms with E-state index >= 15 is 0 Å². The van der Waals surface area contributed by atoms with E-state index in [1.165, 1.54) is 5.39 Å². The predicted molar refractivity (Wildman–Crippen MR) is 69.9 cm³/mol. The highest BCUT2D eigenvalue weighted by Gasteiger charge is 1.97. The van der Waals surface area contributed by atoms with Crippen molar-refractivity contribution in [1.29, 1.82) is 0 Å². The number of ether oxygens (including phenoxy) is 1. The molecular formula is C14H18N2O. The van der Waals surface area contributed by atoms with E-state index in [4.69, 9.17) is 4.74 Å². The standard InChI is InChI=1S/C14H18N2O/c1-2-15-7-8-17-11-12-9-13-5-3-4-6-14(13)16-10-12/h3-6,9-10,15H,2,7-8,11H2,1H3. The van der Waals surface area contributed by atoms with Crippen LogP contribution in [-0.2, 0) is 11.3 Å². The molecule has 0 spiro atoms. The maximum atomic E-state index is 5.57. The van der Waals surface area contributed by atoms with E-state index < -0.39 is 0 Å². The van der Waals surface area contributed by atoms with E-state index in [1.54, 1.807) is 0 Å². The van der Waals surface area contributed by atoms with Crippen molar-refractivity contribution in [2.45, 2.75) is 13.5 Å². The van der Waals surface area contributed by atoms with Gasteiger partial charge in [0, 0.05) is 18.1 Å². The third-order valence-corrected chi connectivity index (χ3v) is 2.59. The van der Waals surface area contributed by atoms with E-state index in [9.17, 15) is 0 Å². The normalized spacial score (nSPS) is 10.9. The molecule has 2 rings (SSSR count). The molecule has 17 heavy (non-hydrogen) atoms. The number of pyridine rings is 1. The molecule has 0 amide bonds. The Hall–Kier alpha value is -1.45. The quantitative estimate of drug-likeness (QED) is 0.774. The highest BCUT2D eigenvalue weighted by atomic mass is 16.5. The Labute approximate surface area is 102 Å². The van der Waals surface area contributed by atoms with Crippen molar-refractivity contribution in [3.05, 3.63) is 42.1 Å². The molecule has 0 saturated heterocycles. The van der Waals surface area contributed by atoms with E-state index in [0.717, 1.165) is 30.8 Å². The fraction of sp³-hybridized carbons (Fsp3) is 0.357. The number of nitrogens with zero attached hydrogens (tertiary/aromatic N) is 1. The van der Waals surface area contributed by atoms with Crippen molar-refractivity contribution in [2.24, 2.45) is 0 Å². The van der Waals surface area contributed by atoms with Crippen LogP contribution in [0.4, 0.5) is 0 Å². The molecule has 1 N–H and O–H groups in total. The fourth-order valence-electron chi connectivity index (χ4n) is 1.71. The second-order valence-electron chi connectivity index (χ2n) is 3.94. The second kappa shape index (κ2) is 6.33. The number of aromatic nitrogens is 1. The van der Waals surface area contributed by atoms with Gasteiger partial charge in [0.05, 0.1) is 18.7 Å². The van der Waals surface area contributed by atoms with Gasteiger partial charge in [-0.2, -0.15) is 0 Å². The Morgan fingerprint density at radius 1 is 1.29 bits per heavy atom. The smallest absolute Gasteiger partial charge is 0.0732 e. The van der Waals surface area contributed by atoms with Crippen molar-refractivity contribution in [1.82, 2.24) is 10.3 Å². The Morgan fingerprint density at radius 3 is 3.06 bits per heavy atom. The van der Waals surface area contributed by atoms with Crippen molar-refractivity contribution in [2.75, 3.05) is 19.7 Å². The molecule has 1 aromatic carbocycles. The lowest BCUT2D eigenvalue weighted by Gasteiger charge is -2.05. The van der Waals surface area contributed by atoms with Crippen LogP contribution >= 0.6 is 0 Å². The molecule has 3 heteroatoms. The molecule has 90 valence electrons. The molecule has 1 heterocycles. The third-order valence-electron chi connectivity index (χ3n) is 2.59. The molecule has 0 bridgehead atoms. The monoisotopic (exact) mass is 230 g/mol. The first-order valence-corrected chi connectivity index (χ1v) is 6.02. The van der Waals surface area contributed by atoms with E-state index in [2.05, 4.69) is 29.4 Å². The zero-order valence-corrected chi connectivity index (χ0v) is 10.1. The van der Waals surface area contributed by atoms with Crippen LogP contribution in [0.3, 0.4) is 0 Å². The molecule has 0 aliphatic heterocycles. The Morgan fingerprint density at radius 2 is 2.18 bits per heavy atom. The number of benzene rings is 1. The Balaban J connectivity index is 1.90. The average Bonchev–Trinajstić information content (AvgIpc) is 2.38. The lowest BCUT2D eigenvalue weighted by Crippen LogP contribution is -2.18. The van der Waals surface area contributed by atoms with E-state index in [1.807, 2.05) is 24.4 Å².